The minimum absolute atomic E-state index is 0. The SMILES string of the molecule is CC(NC(=O)c1ccoc1)C(=O)NCCN.Cl. The van der Waals surface area contributed by atoms with Gasteiger partial charge in [-0.05, 0) is 13.0 Å². The molecule has 0 saturated carbocycles. The highest BCUT2D eigenvalue weighted by Gasteiger charge is 2.16. The Hall–Kier alpha value is -1.53. The predicted molar refractivity (Wildman–Crippen MR) is 64.9 cm³/mol. The lowest BCUT2D eigenvalue weighted by Gasteiger charge is -2.12. The van der Waals surface area contributed by atoms with Crippen LogP contribution in [-0.2, 0) is 4.79 Å². The van der Waals surface area contributed by atoms with Crippen LogP contribution in [0.3, 0.4) is 0 Å². The number of carbonyl (C=O) groups is 2. The van der Waals surface area contributed by atoms with E-state index in [1.807, 2.05) is 0 Å². The Morgan fingerprint density at radius 1 is 1.53 bits per heavy atom. The Morgan fingerprint density at radius 2 is 2.24 bits per heavy atom. The first-order valence-electron chi connectivity index (χ1n) is 4.96. The van der Waals surface area contributed by atoms with E-state index < -0.39 is 6.04 Å². The minimum Gasteiger partial charge on any atom is -0.472 e. The van der Waals surface area contributed by atoms with Crippen LogP contribution < -0.4 is 16.4 Å². The summed E-state index contributed by atoms with van der Waals surface area (Å²) in [7, 11) is 0. The zero-order chi connectivity index (χ0) is 12.0. The first kappa shape index (κ1) is 15.5. The second-order valence-electron chi connectivity index (χ2n) is 3.29. The smallest absolute Gasteiger partial charge is 0.255 e. The Morgan fingerprint density at radius 3 is 2.76 bits per heavy atom. The first-order chi connectivity index (χ1) is 7.65. The van der Waals surface area contributed by atoms with Gasteiger partial charge in [-0.15, -0.1) is 12.4 Å². The monoisotopic (exact) mass is 261 g/mol. The van der Waals surface area contributed by atoms with Crippen LogP contribution in [0, 0.1) is 0 Å². The van der Waals surface area contributed by atoms with E-state index in [2.05, 4.69) is 10.6 Å². The van der Waals surface area contributed by atoms with Gasteiger partial charge in [-0.2, -0.15) is 0 Å². The highest BCUT2D eigenvalue weighted by atomic mass is 35.5. The van der Waals surface area contributed by atoms with Crippen molar-refractivity contribution in [3.05, 3.63) is 24.2 Å². The molecular formula is C10H16ClN3O3. The summed E-state index contributed by atoms with van der Waals surface area (Å²) < 4.78 is 4.76. The van der Waals surface area contributed by atoms with E-state index in [0.717, 1.165) is 0 Å². The summed E-state index contributed by atoms with van der Waals surface area (Å²) in [6.07, 6.45) is 2.72. The van der Waals surface area contributed by atoms with Crippen molar-refractivity contribution >= 4 is 24.2 Å². The van der Waals surface area contributed by atoms with E-state index in [9.17, 15) is 9.59 Å². The molecule has 0 spiro atoms. The van der Waals surface area contributed by atoms with Gasteiger partial charge in [0.15, 0.2) is 0 Å². The number of nitrogens with one attached hydrogen (secondary N) is 2. The number of nitrogens with two attached hydrogens (primary N) is 1. The highest BCUT2D eigenvalue weighted by Crippen LogP contribution is 1.99. The van der Waals surface area contributed by atoms with Crippen LogP contribution in [0.15, 0.2) is 23.0 Å². The molecule has 1 aromatic rings. The molecule has 0 radical (unpaired) electrons. The molecule has 0 aliphatic heterocycles. The van der Waals surface area contributed by atoms with Gasteiger partial charge in [-0.25, -0.2) is 0 Å². The van der Waals surface area contributed by atoms with Crippen molar-refractivity contribution in [2.24, 2.45) is 5.73 Å². The molecule has 0 fully saturated rings. The van der Waals surface area contributed by atoms with Crippen molar-refractivity contribution in [3.8, 4) is 0 Å². The Bertz CT molecular complexity index is 354. The predicted octanol–water partition coefficient (Wildman–Crippen LogP) is -0.105. The molecule has 0 aliphatic carbocycles. The van der Waals surface area contributed by atoms with Crippen molar-refractivity contribution in [3.63, 3.8) is 0 Å². The Balaban J connectivity index is 0.00000256. The minimum atomic E-state index is -0.603. The van der Waals surface area contributed by atoms with Crippen LogP contribution in [0.2, 0.25) is 0 Å². The fraction of sp³-hybridized carbons (Fsp3) is 0.400. The topological polar surface area (TPSA) is 97.4 Å². The van der Waals surface area contributed by atoms with E-state index in [1.165, 1.54) is 18.6 Å². The zero-order valence-electron chi connectivity index (χ0n) is 9.43. The molecule has 4 N–H and O–H groups in total. The Kier molecular flexibility index (Phi) is 7.00. The number of carbonyl (C=O) groups excluding carboxylic acids is 2. The molecule has 17 heavy (non-hydrogen) atoms. The number of halogens is 1. The molecule has 0 aliphatic rings. The summed E-state index contributed by atoms with van der Waals surface area (Å²) in [4.78, 5) is 22.9. The quantitative estimate of drug-likeness (QED) is 0.689. The molecule has 6 nitrogen and oxygen atoms in total. The van der Waals surface area contributed by atoms with Crippen LogP contribution in [-0.4, -0.2) is 30.9 Å². The molecule has 1 atom stereocenters. The van der Waals surface area contributed by atoms with E-state index in [4.69, 9.17) is 10.2 Å². The summed E-state index contributed by atoms with van der Waals surface area (Å²) in [6, 6.07) is 0.925. The van der Waals surface area contributed by atoms with Crippen molar-refractivity contribution in [2.75, 3.05) is 13.1 Å². The second-order valence-corrected chi connectivity index (χ2v) is 3.29. The summed E-state index contributed by atoms with van der Waals surface area (Å²) in [5.74, 6) is -0.605. The third-order valence-corrected chi connectivity index (χ3v) is 1.97. The molecule has 7 heteroatoms. The maximum Gasteiger partial charge on any atom is 0.255 e. The van der Waals surface area contributed by atoms with Crippen molar-refractivity contribution in [1.82, 2.24) is 10.6 Å². The van der Waals surface area contributed by atoms with E-state index in [1.54, 1.807) is 6.92 Å². The van der Waals surface area contributed by atoms with Crippen LogP contribution in [0.25, 0.3) is 0 Å². The molecule has 0 bridgehead atoms. The largest absolute Gasteiger partial charge is 0.472 e. The lowest BCUT2D eigenvalue weighted by atomic mass is 10.2. The van der Waals surface area contributed by atoms with Crippen molar-refractivity contribution in [1.29, 1.82) is 0 Å². The molecule has 1 heterocycles. The van der Waals surface area contributed by atoms with Crippen LogP contribution in [0.5, 0.6) is 0 Å². The van der Waals surface area contributed by atoms with Crippen molar-refractivity contribution in [2.45, 2.75) is 13.0 Å². The van der Waals surface area contributed by atoms with Gasteiger partial charge in [-0.1, -0.05) is 0 Å². The molecule has 0 saturated heterocycles. The lowest BCUT2D eigenvalue weighted by molar-refractivity contribution is -0.122. The van der Waals surface area contributed by atoms with Gasteiger partial charge in [0.25, 0.3) is 5.91 Å². The number of hydrogen-bond acceptors (Lipinski definition) is 4. The number of furan rings is 1. The van der Waals surface area contributed by atoms with Gasteiger partial charge >= 0.3 is 0 Å². The van der Waals surface area contributed by atoms with Crippen LogP contribution in [0.1, 0.15) is 17.3 Å². The fourth-order valence-electron chi connectivity index (χ4n) is 1.09. The molecule has 1 rings (SSSR count). The maximum absolute atomic E-state index is 11.5. The molecule has 1 aromatic heterocycles. The molecule has 2 amide bonds. The van der Waals surface area contributed by atoms with Gasteiger partial charge in [0, 0.05) is 13.1 Å². The van der Waals surface area contributed by atoms with Gasteiger partial charge < -0.3 is 20.8 Å². The number of rotatable bonds is 5. The maximum atomic E-state index is 11.5. The molecule has 1 unspecified atom stereocenters. The van der Waals surface area contributed by atoms with E-state index in [0.29, 0.717) is 18.7 Å². The summed E-state index contributed by atoms with van der Waals surface area (Å²) >= 11 is 0. The average molecular weight is 262 g/mol. The van der Waals surface area contributed by atoms with Gasteiger partial charge in [0.05, 0.1) is 11.8 Å². The van der Waals surface area contributed by atoms with Gasteiger partial charge in [-0.3, -0.25) is 9.59 Å². The molecule has 0 aromatic carbocycles. The number of hydrogen-bond donors (Lipinski definition) is 3. The third-order valence-electron chi connectivity index (χ3n) is 1.97. The number of amides is 2. The fourth-order valence-corrected chi connectivity index (χ4v) is 1.09. The van der Waals surface area contributed by atoms with Crippen LogP contribution >= 0.6 is 12.4 Å². The highest BCUT2D eigenvalue weighted by molar-refractivity contribution is 5.97. The average Bonchev–Trinajstić information content (AvgIpc) is 2.79. The van der Waals surface area contributed by atoms with Crippen LogP contribution in [0.4, 0.5) is 0 Å². The molecular weight excluding hydrogens is 246 g/mol. The summed E-state index contributed by atoms with van der Waals surface area (Å²) in [6.45, 7) is 2.36. The second kappa shape index (κ2) is 7.70. The summed E-state index contributed by atoms with van der Waals surface area (Å²) in [5, 5.41) is 5.12. The van der Waals surface area contributed by atoms with Gasteiger partial charge in [0.2, 0.25) is 5.91 Å². The Labute approximate surface area is 105 Å². The summed E-state index contributed by atoms with van der Waals surface area (Å²) in [5.41, 5.74) is 5.63. The van der Waals surface area contributed by atoms with E-state index >= 15 is 0 Å². The van der Waals surface area contributed by atoms with Crippen molar-refractivity contribution < 1.29 is 14.0 Å². The zero-order valence-corrected chi connectivity index (χ0v) is 10.3. The van der Waals surface area contributed by atoms with Gasteiger partial charge in [0.1, 0.15) is 12.3 Å². The van der Waals surface area contributed by atoms with E-state index in [-0.39, 0.29) is 24.2 Å². The lowest BCUT2D eigenvalue weighted by Crippen LogP contribution is -2.45. The standard InChI is InChI=1S/C10H15N3O3.ClH/c1-7(9(14)12-4-3-11)13-10(15)8-2-5-16-6-8;/h2,5-7H,3-4,11H2,1H3,(H,12,14)(H,13,15);1H. The molecule has 96 valence electrons. The first-order valence-corrected chi connectivity index (χ1v) is 4.96. The normalized spacial score (nSPS) is 11.2. The third kappa shape index (κ3) is 4.88.